The average Bonchev–Trinajstić information content (AvgIpc) is 2.90. The van der Waals surface area contributed by atoms with Crippen LogP contribution in [0.15, 0.2) is 18.2 Å². The van der Waals surface area contributed by atoms with Crippen molar-refractivity contribution >= 4 is 34.8 Å². The van der Waals surface area contributed by atoms with Crippen molar-refractivity contribution in [1.82, 2.24) is 4.57 Å². The first-order chi connectivity index (χ1) is 14.1. The van der Waals surface area contributed by atoms with Crippen LogP contribution in [0.25, 0.3) is 10.9 Å². The quantitative estimate of drug-likeness (QED) is 0.365. The number of esters is 4. The zero-order valence-corrected chi connectivity index (χ0v) is 17.6. The summed E-state index contributed by atoms with van der Waals surface area (Å²) in [5.74, 6) is -1.75. The number of hydrogen-bond donors (Lipinski definition) is 0. The minimum Gasteiger partial charge on any atom is -0.462 e. The van der Waals surface area contributed by atoms with E-state index >= 15 is 0 Å². The summed E-state index contributed by atoms with van der Waals surface area (Å²) in [6, 6.07) is 4.88. The molecule has 1 heterocycles. The topological polar surface area (TPSA) is 110 Å². The molecule has 1 aromatic heterocycles. The lowest BCUT2D eigenvalue weighted by molar-refractivity contribution is -0.157. The van der Waals surface area contributed by atoms with Crippen molar-refractivity contribution in [2.24, 2.45) is 0 Å². The molecule has 0 aliphatic carbocycles. The summed E-state index contributed by atoms with van der Waals surface area (Å²) in [5.41, 5.74) is 1.53. The number of aromatic nitrogens is 1. The Kier molecular flexibility index (Phi) is 7.57. The van der Waals surface area contributed by atoms with Gasteiger partial charge < -0.3 is 23.5 Å². The van der Waals surface area contributed by atoms with Gasteiger partial charge in [0.25, 0.3) is 0 Å². The number of fused-ring (bicyclic) bond motifs is 1. The van der Waals surface area contributed by atoms with Gasteiger partial charge in [-0.2, -0.15) is 0 Å². The standard InChI is InChI=1S/C21H25NO8/c1-6-27-21(26)20-12(2)22(10-17(30-15(5)25)11-28-13(3)23)19-8-7-16(9-18(19)20)29-14(4)24/h7-9,17H,6,10-11H2,1-5H3/t17-/m1/s1. The second kappa shape index (κ2) is 9.91. The number of carbonyl (C=O) groups excluding carboxylic acids is 4. The maximum atomic E-state index is 12.6. The normalized spacial score (nSPS) is 11.6. The first kappa shape index (κ1) is 22.9. The lowest BCUT2D eigenvalue weighted by Crippen LogP contribution is -2.29. The average molecular weight is 419 g/mol. The Morgan fingerprint density at radius 2 is 1.70 bits per heavy atom. The molecular weight excluding hydrogens is 394 g/mol. The highest BCUT2D eigenvalue weighted by atomic mass is 16.6. The molecule has 0 bridgehead atoms. The van der Waals surface area contributed by atoms with Crippen LogP contribution < -0.4 is 4.74 Å². The van der Waals surface area contributed by atoms with Crippen LogP contribution in [0, 0.1) is 6.92 Å². The number of rotatable bonds is 8. The van der Waals surface area contributed by atoms with Crippen LogP contribution >= 0.6 is 0 Å². The smallest absolute Gasteiger partial charge is 0.340 e. The summed E-state index contributed by atoms with van der Waals surface area (Å²) in [6.45, 7) is 7.44. The third kappa shape index (κ3) is 5.59. The van der Waals surface area contributed by atoms with Crippen LogP contribution in [0.1, 0.15) is 43.7 Å². The van der Waals surface area contributed by atoms with Crippen molar-refractivity contribution in [1.29, 1.82) is 0 Å². The zero-order chi connectivity index (χ0) is 22.4. The molecule has 0 spiro atoms. The Balaban J connectivity index is 2.55. The Morgan fingerprint density at radius 1 is 1.00 bits per heavy atom. The van der Waals surface area contributed by atoms with Crippen LogP contribution in [0.5, 0.6) is 5.75 Å². The number of hydrogen-bond acceptors (Lipinski definition) is 8. The van der Waals surface area contributed by atoms with Crippen LogP contribution in [0.3, 0.4) is 0 Å². The van der Waals surface area contributed by atoms with Gasteiger partial charge in [0.05, 0.1) is 18.7 Å². The maximum Gasteiger partial charge on any atom is 0.340 e. The maximum absolute atomic E-state index is 12.6. The van der Waals surface area contributed by atoms with E-state index in [0.717, 1.165) is 0 Å². The molecule has 2 rings (SSSR count). The van der Waals surface area contributed by atoms with E-state index in [-0.39, 0.29) is 25.5 Å². The van der Waals surface area contributed by atoms with Gasteiger partial charge in [-0.1, -0.05) is 0 Å². The molecule has 9 nitrogen and oxygen atoms in total. The second-order valence-electron chi connectivity index (χ2n) is 6.60. The summed E-state index contributed by atoms with van der Waals surface area (Å²) in [7, 11) is 0. The van der Waals surface area contributed by atoms with Gasteiger partial charge in [0.15, 0.2) is 6.10 Å². The molecule has 0 unspecified atom stereocenters. The van der Waals surface area contributed by atoms with Gasteiger partial charge in [0.2, 0.25) is 0 Å². The van der Waals surface area contributed by atoms with Crippen molar-refractivity contribution in [3.63, 3.8) is 0 Å². The van der Waals surface area contributed by atoms with E-state index in [0.29, 0.717) is 22.2 Å². The highest BCUT2D eigenvalue weighted by molar-refractivity contribution is 6.06. The first-order valence-corrected chi connectivity index (χ1v) is 9.43. The summed E-state index contributed by atoms with van der Waals surface area (Å²) >= 11 is 0. The summed E-state index contributed by atoms with van der Waals surface area (Å²) in [5, 5.41) is 0.527. The second-order valence-corrected chi connectivity index (χ2v) is 6.60. The van der Waals surface area contributed by atoms with E-state index in [1.54, 1.807) is 36.6 Å². The number of benzene rings is 1. The SMILES string of the molecule is CCOC(=O)c1c(C)n(C[C@H](COC(C)=O)OC(C)=O)c2ccc(OC(C)=O)cc12. The molecule has 0 amide bonds. The third-order valence-corrected chi connectivity index (χ3v) is 4.23. The Bertz CT molecular complexity index is 975. The van der Waals surface area contributed by atoms with Crippen LogP contribution in [-0.4, -0.2) is 47.8 Å². The number of carbonyl (C=O) groups is 4. The molecule has 0 aliphatic heterocycles. The van der Waals surface area contributed by atoms with Gasteiger partial charge in [0, 0.05) is 37.4 Å². The predicted molar refractivity (Wildman–Crippen MR) is 106 cm³/mol. The third-order valence-electron chi connectivity index (χ3n) is 4.23. The summed E-state index contributed by atoms with van der Waals surface area (Å²) < 4.78 is 22.4. The van der Waals surface area contributed by atoms with Crippen LogP contribution in [-0.2, 0) is 35.1 Å². The fourth-order valence-corrected chi connectivity index (χ4v) is 3.16. The van der Waals surface area contributed by atoms with Gasteiger partial charge in [-0.25, -0.2) is 4.79 Å². The summed E-state index contributed by atoms with van der Waals surface area (Å²) in [6.07, 6.45) is -0.760. The van der Waals surface area contributed by atoms with Crippen LogP contribution in [0.4, 0.5) is 0 Å². The molecule has 1 aromatic carbocycles. The monoisotopic (exact) mass is 419 g/mol. The van der Waals surface area contributed by atoms with Crippen molar-refractivity contribution in [2.75, 3.05) is 13.2 Å². The molecule has 0 N–H and O–H groups in total. The van der Waals surface area contributed by atoms with Crippen molar-refractivity contribution in [3.05, 3.63) is 29.5 Å². The van der Waals surface area contributed by atoms with Gasteiger partial charge in [-0.3, -0.25) is 14.4 Å². The van der Waals surface area contributed by atoms with Crippen molar-refractivity contribution in [3.8, 4) is 5.75 Å². The molecule has 0 saturated heterocycles. The van der Waals surface area contributed by atoms with Gasteiger partial charge >= 0.3 is 23.9 Å². The van der Waals surface area contributed by atoms with E-state index in [1.165, 1.54) is 20.8 Å². The van der Waals surface area contributed by atoms with E-state index in [1.807, 2.05) is 0 Å². The van der Waals surface area contributed by atoms with Crippen molar-refractivity contribution in [2.45, 2.75) is 47.3 Å². The number of ether oxygens (including phenoxy) is 4. The largest absolute Gasteiger partial charge is 0.462 e. The lowest BCUT2D eigenvalue weighted by Gasteiger charge is -2.19. The number of nitrogens with zero attached hydrogens (tertiary/aromatic N) is 1. The van der Waals surface area contributed by atoms with E-state index in [2.05, 4.69) is 0 Å². The summed E-state index contributed by atoms with van der Waals surface area (Å²) in [4.78, 5) is 46.6. The Morgan fingerprint density at radius 3 is 2.27 bits per heavy atom. The molecule has 0 aliphatic rings. The molecule has 0 fully saturated rings. The Hall–Kier alpha value is -3.36. The molecule has 1 atom stereocenters. The minimum atomic E-state index is -0.760. The van der Waals surface area contributed by atoms with E-state index < -0.39 is 30.0 Å². The molecule has 2 aromatic rings. The molecule has 9 heteroatoms. The van der Waals surface area contributed by atoms with Gasteiger partial charge in [-0.05, 0) is 32.0 Å². The van der Waals surface area contributed by atoms with Gasteiger partial charge in [0.1, 0.15) is 12.4 Å². The van der Waals surface area contributed by atoms with E-state index in [9.17, 15) is 19.2 Å². The van der Waals surface area contributed by atoms with Crippen LogP contribution in [0.2, 0.25) is 0 Å². The van der Waals surface area contributed by atoms with E-state index in [4.69, 9.17) is 18.9 Å². The minimum absolute atomic E-state index is 0.131. The van der Waals surface area contributed by atoms with Gasteiger partial charge in [-0.15, -0.1) is 0 Å². The molecule has 0 saturated carbocycles. The molecule has 0 radical (unpaired) electrons. The molecular formula is C21H25NO8. The molecule has 30 heavy (non-hydrogen) atoms. The highest BCUT2D eigenvalue weighted by Gasteiger charge is 2.25. The fourth-order valence-electron chi connectivity index (χ4n) is 3.16. The lowest BCUT2D eigenvalue weighted by atomic mass is 10.1. The molecule has 162 valence electrons. The zero-order valence-electron chi connectivity index (χ0n) is 17.6. The van der Waals surface area contributed by atoms with Crippen molar-refractivity contribution < 1.29 is 38.1 Å². The highest BCUT2D eigenvalue weighted by Crippen LogP contribution is 2.31. The fraction of sp³-hybridized carbons (Fsp3) is 0.429. The Labute approximate surface area is 173 Å². The predicted octanol–water partition coefficient (Wildman–Crippen LogP) is 2.55. The first-order valence-electron chi connectivity index (χ1n) is 9.43.